The van der Waals surface area contributed by atoms with Crippen LogP contribution in [-0.4, -0.2) is 58.4 Å². The third-order valence-electron chi connectivity index (χ3n) is 4.47. The summed E-state index contributed by atoms with van der Waals surface area (Å²) in [5, 5.41) is 14.1. The van der Waals surface area contributed by atoms with E-state index in [1.165, 1.54) is 18.2 Å². The Morgan fingerprint density at radius 3 is 2.57 bits per heavy atom. The molecule has 0 unspecified atom stereocenters. The number of amides is 1. The molecule has 1 aromatic heterocycles. The van der Waals surface area contributed by atoms with Crippen LogP contribution in [0.5, 0.6) is 0 Å². The number of benzene rings is 1. The number of nitrogens with zero attached hydrogens (tertiary/aromatic N) is 5. The Balaban J connectivity index is 1.68. The first-order chi connectivity index (χ1) is 13.4. The number of non-ortho nitro benzene ring substituents is 1. The fourth-order valence-corrected chi connectivity index (χ4v) is 3.34. The number of carbonyl (C=O) groups excluding carboxylic acids is 1. The van der Waals surface area contributed by atoms with Gasteiger partial charge < -0.3 is 15.1 Å². The third-order valence-corrected chi connectivity index (χ3v) is 4.78. The molecule has 1 aromatic carbocycles. The summed E-state index contributed by atoms with van der Waals surface area (Å²) in [6.45, 7) is 6.88. The fourth-order valence-electron chi connectivity index (χ4n) is 3.09. The third kappa shape index (κ3) is 4.30. The Kier molecular flexibility index (Phi) is 5.93. The molecule has 0 radical (unpaired) electrons. The van der Waals surface area contributed by atoms with E-state index in [-0.39, 0.29) is 22.2 Å². The van der Waals surface area contributed by atoms with Crippen LogP contribution in [0.4, 0.5) is 17.3 Å². The summed E-state index contributed by atoms with van der Waals surface area (Å²) in [7, 11) is 0. The Bertz CT molecular complexity index is 899. The number of nitrogens with one attached hydrogen (secondary N) is 1. The van der Waals surface area contributed by atoms with Crippen LogP contribution in [0.25, 0.3) is 0 Å². The van der Waals surface area contributed by atoms with Crippen molar-refractivity contribution in [2.24, 2.45) is 0 Å². The minimum Gasteiger partial charge on any atom is -0.370 e. The van der Waals surface area contributed by atoms with Crippen LogP contribution < -0.4 is 10.2 Å². The molecule has 9 nitrogen and oxygen atoms in total. The maximum atomic E-state index is 12.8. The van der Waals surface area contributed by atoms with Crippen LogP contribution >= 0.6 is 11.6 Å². The predicted octanol–water partition coefficient (Wildman–Crippen LogP) is 2.74. The van der Waals surface area contributed by atoms with Gasteiger partial charge in [-0.2, -0.15) is 0 Å². The van der Waals surface area contributed by atoms with Crippen molar-refractivity contribution in [3.63, 3.8) is 0 Å². The van der Waals surface area contributed by atoms with Gasteiger partial charge in [0, 0.05) is 50.9 Å². The summed E-state index contributed by atoms with van der Waals surface area (Å²) in [4.78, 5) is 35.7. The number of rotatable bonds is 5. The number of anilines is 2. The smallest absolute Gasteiger partial charge is 0.270 e. The molecule has 1 aliphatic heterocycles. The van der Waals surface area contributed by atoms with E-state index in [1.54, 1.807) is 4.90 Å². The van der Waals surface area contributed by atoms with Gasteiger partial charge in [0.15, 0.2) is 0 Å². The van der Waals surface area contributed by atoms with E-state index in [0.717, 1.165) is 18.2 Å². The van der Waals surface area contributed by atoms with Crippen LogP contribution in [0.1, 0.15) is 23.1 Å². The van der Waals surface area contributed by atoms with E-state index in [4.69, 9.17) is 11.6 Å². The van der Waals surface area contributed by atoms with Crippen molar-refractivity contribution >= 4 is 34.8 Å². The monoisotopic (exact) mass is 404 g/mol. The molecular formula is C18H21ClN6O3. The van der Waals surface area contributed by atoms with Gasteiger partial charge in [-0.15, -0.1) is 0 Å². The van der Waals surface area contributed by atoms with Crippen LogP contribution in [0.15, 0.2) is 24.3 Å². The lowest BCUT2D eigenvalue weighted by Gasteiger charge is -2.35. The first kappa shape index (κ1) is 19.8. The van der Waals surface area contributed by atoms with E-state index in [2.05, 4.69) is 20.2 Å². The van der Waals surface area contributed by atoms with Gasteiger partial charge >= 0.3 is 0 Å². The lowest BCUT2D eigenvalue weighted by Crippen LogP contribution is -2.49. The second kappa shape index (κ2) is 8.39. The van der Waals surface area contributed by atoms with Crippen molar-refractivity contribution in [1.29, 1.82) is 0 Å². The number of halogens is 1. The Labute approximate surface area is 167 Å². The van der Waals surface area contributed by atoms with E-state index in [9.17, 15) is 14.9 Å². The molecule has 1 N–H and O–H groups in total. The average Bonchev–Trinajstić information content (AvgIpc) is 2.67. The van der Waals surface area contributed by atoms with Crippen LogP contribution in [-0.2, 0) is 0 Å². The van der Waals surface area contributed by atoms with E-state index in [0.29, 0.717) is 32.0 Å². The minimum atomic E-state index is -0.537. The van der Waals surface area contributed by atoms with Gasteiger partial charge in [-0.1, -0.05) is 11.6 Å². The summed E-state index contributed by atoms with van der Waals surface area (Å²) in [6.07, 6.45) is 0. The SMILES string of the molecule is CCNc1cc(N2CCN(C(=O)c3ccc([N+](=O)[O-])cc3Cl)CC2)nc(C)n1. The lowest BCUT2D eigenvalue weighted by atomic mass is 10.1. The number of piperazine rings is 1. The highest BCUT2D eigenvalue weighted by molar-refractivity contribution is 6.34. The molecule has 0 aliphatic carbocycles. The molecule has 3 rings (SSSR count). The van der Waals surface area contributed by atoms with Gasteiger partial charge in [-0.05, 0) is 19.9 Å². The number of hydrogen-bond acceptors (Lipinski definition) is 7. The minimum absolute atomic E-state index is 0.0864. The largest absolute Gasteiger partial charge is 0.370 e. The standard InChI is InChI=1S/C18H21ClN6O3/c1-3-20-16-11-17(22-12(2)21-16)23-6-8-24(9-7-23)18(26)14-5-4-13(25(27)28)10-15(14)19/h4-5,10-11H,3,6-9H2,1-2H3,(H,20,21,22). The molecular weight excluding hydrogens is 384 g/mol. The van der Waals surface area contributed by atoms with Crippen LogP contribution in [0.3, 0.4) is 0 Å². The number of nitro groups is 1. The summed E-state index contributed by atoms with van der Waals surface area (Å²) in [6, 6.07) is 5.81. The highest BCUT2D eigenvalue weighted by Crippen LogP contribution is 2.25. The zero-order chi connectivity index (χ0) is 20.3. The number of nitro benzene ring substituents is 1. The zero-order valence-corrected chi connectivity index (χ0v) is 16.4. The second-order valence-corrected chi connectivity index (χ2v) is 6.80. The van der Waals surface area contributed by atoms with Gasteiger partial charge in [0.05, 0.1) is 15.5 Å². The number of aryl methyl sites for hydroxylation is 1. The highest BCUT2D eigenvalue weighted by Gasteiger charge is 2.25. The Hall–Kier alpha value is -2.94. The first-order valence-electron chi connectivity index (χ1n) is 8.96. The molecule has 10 heteroatoms. The fraction of sp³-hybridized carbons (Fsp3) is 0.389. The Morgan fingerprint density at radius 2 is 1.96 bits per heavy atom. The summed E-state index contributed by atoms with van der Waals surface area (Å²) in [5.74, 6) is 2.06. The molecule has 1 amide bonds. The molecule has 2 aromatic rings. The van der Waals surface area contributed by atoms with Gasteiger partial charge in [0.1, 0.15) is 17.5 Å². The van der Waals surface area contributed by atoms with Crippen molar-refractivity contribution in [3.05, 3.63) is 50.8 Å². The Morgan fingerprint density at radius 1 is 1.25 bits per heavy atom. The molecule has 1 aliphatic rings. The van der Waals surface area contributed by atoms with Gasteiger partial charge in [0.2, 0.25) is 0 Å². The summed E-state index contributed by atoms with van der Waals surface area (Å²) in [5.41, 5.74) is 0.134. The molecule has 28 heavy (non-hydrogen) atoms. The summed E-state index contributed by atoms with van der Waals surface area (Å²) < 4.78 is 0. The van der Waals surface area contributed by atoms with Crippen molar-refractivity contribution < 1.29 is 9.72 Å². The predicted molar refractivity (Wildman–Crippen MR) is 107 cm³/mol. The van der Waals surface area contributed by atoms with E-state index < -0.39 is 4.92 Å². The van der Waals surface area contributed by atoms with Crippen LogP contribution in [0.2, 0.25) is 5.02 Å². The van der Waals surface area contributed by atoms with Gasteiger partial charge in [-0.3, -0.25) is 14.9 Å². The van der Waals surface area contributed by atoms with Crippen molar-refractivity contribution in [2.45, 2.75) is 13.8 Å². The molecule has 148 valence electrons. The molecule has 0 saturated carbocycles. The molecule has 1 saturated heterocycles. The number of aromatic nitrogens is 2. The molecule has 0 spiro atoms. The maximum absolute atomic E-state index is 12.8. The second-order valence-electron chi connectivity index (χ2n) is 6.39. The topological polar surface area (TPSA) is 104 Å². The zero-order valence-electron chi connectivity index (χ0n) is 15.7. The number of hydrogen-bond donors (Lipinski definition) is 1. The van der Waals surface area contributed by atoms with Crippen molar-refractivity contribution in [2.75, 3.05) is 42.9 Å². The van der Waals surface area contributed by atoms with Crippen LogP contribution in [0, 0.1) is 17.0 Å². The highest BCUT2D eigenvalue weighted by atomic mass is 35.5. The normalized spacial score (nSPS) is 14.1. The summed E-state index contributed by atoms with van der Waals surface area (Å²) >= 11 is 6.09. The molecule has 0 atom stereocenters. The maximum Gasteiger partial charge on any atom is 0.270 e. The van der Waals surface area contributed by atoms with Crippen molar-refractivity contribution in [3.8, 4) is 0 Å². The first-order valence-corrected chi connectivity index (χ1v) is 9.34. The van der Waals surface area contributed by atoms with Gasteiger partial charge in [-0.25, -0.2) is 9.97 Å². The van der Waals surface area contributed by atoms with E-state index >= 15 is 0 Å². The lowest BCUT2D eigenvalue weighted by molar-refractivity contribution is -0.384. The van der Waals surface area contributed by atoms with Gasteiger partial charge in [0.25, 0.3) is 11.6 Å². The van der Waals surface area contributed by atoms with Crippen molar-refractivity contribution in [1.82, 2.24) is 14.9 Å². The van der Waals surface area contributed by atoms with E-state index in [1.807, 2.05) is 19.9 Å². The number of carbonyl (C=O) groups is 1. The molecule has 1 fully saturated rings. The molecule has 2 heterocycles. The molecule has 0 bridgehead atoms. The quantitative estimate of drug-likeness (QED) is 0.603. The average molecular weight is 405 g/mol.